The maximum atomic E-state index is 13.2. The number of anilines is 1. The number of carboxylic acids is 1. The van der Waals surface area contributed by atoms with Crippen LogP contribution in [-0.4, -0.2) is 44.8 Å². The molecule has 3 aromatic carbocycles. The number of hydrogen-bond acceptors (Lipinski definition) is 6. The van der Waals surface area contributed by atoms with Crippen molar-refractivity contribution < 1.29 is 24.2 Å². The molecule has 2 N–H and O–H groups in total. The third-order valence-corrected chi connectivity index (χ3v) is 6.58. The van der Waals surface area contributed by atoms with Crippen molar-refractivity contribution in [3.8, 4) is 5.75 Å². The van der Waals surface area contributed by atoms with Gasteiger partial charge in [0.2, 0.25) is 11.8 Å². The number of aliphatic imine (C=N–C) groups is 1. The van der Waals surface area contributed by atoms with Gasteiger partial charge >= 0.3 is 5.97 Å². The van der Waals surface area contributed by atoms with Crippen molar-refractivity contribution in [2.75, 3.05) is 11.9 Å². The van der Waals surface area contributed by atoms with E-state index in [1.165, 1.54) is 36.0 Å². The second kappa shape index (κ2) is 11.5. The summed E-state index contributed by atoms with van der Waals surface area (Å²) in [5.41, 5.74) is 2.16. The lowest BCUT2D eigenvalue weighted by Gasteiger charge is -2.32. The van der Waals surface area contributed by atoms with E-state index < -0.39 is 11.2 Å². The number of thioether (sulfide) groups is 1. The zero-order valence-corrected chi connectivity index (χ0v) is 20.4. The highest BCUT2D eigenvalue weighted by Gasteiger charge is 2.36. The number of amides is 2. The third kappa shape index (κ3) is 6.31. The van der Waals surface area contributed by atoms with Gasteiger partial charge in [0.15, 0.2) is 5.17 Å². The predicted molar refractivity (Wildman–Crippen MR) is 140 cm³/mol. The Labute approximate surface area is 213 Å². The minimum atomic E-state index is -1.05. The van der Waals surface area contributed by atoms with Crippen LogP contribution in [0.25, 0.3) is 0 Å². The maximum Gasteiger partial charge on any atom is 0.335 e. The molecule has 0 aromatic heterocycles. The van der Waals surface area contributed by atoms with Gasteiger partial charge in [-0.25, -0.2) is 9.79 Å². The standard InChI is InChI=1S/C27H25N3O5S/c1-2-35-22-14-12-21(13-15-22)29-27-30(17-18-6-4-3-5-7-18)24(31)16-23(36-27)25(32)28-20-10-8-19(9-11-20)26(33)34/h3-15,23H,2,16-17H2,1H3,(H,28,32)(H,33,34)/t23-/m0/s1. The zero-order valence-electron chi connectivity index (χ0n) is 19.6. The van der Waals surface area contributed by atoms with E-state index in [4.69, 9.17) is 14.8 Å². The first kappa shape index (κ1) is 25.0. The van der Waals surface area contributed by atoms with Gasteiger partial charge in [0.25, 0.3) is 0 Å². The van der Waals surface area contributed by atoms with Crippen molar-refractivity contribution in [1.82, 2.24) is 4.90 Å². The minimum absolute atomic E-state index is 0.0127. The van der Waals surface area contributed by atoms with Crippen LogP contribution in [0, 0.1) is 0 Å². The molecule has 1 aliphatic heterocycles. The lowest BCUT2D eigenvalue weighted by atomic mass is 10.2. The molecule has 4 rings (SSSR count). The fourth-order valence-electron chi connectivity index (χ4n) is 3.58. The summed E-state index contributed by atoms with van der Waals surface area (Å²) in [6, 6.07) is 22.7. The van der Waals surface area contributed by atoms with Crippen LogP contribution in [0.4, 0.5) is 11.4 Å². The number of benzene rings is 3. The summed E-state index contributed by atoms with van der Waals surface area (Å²) in [6.45, 7) is 2.80. The van der Waals surface area contributed by atoms with Crippen molar-refractivity contribution >= 4 is 46.1 Å². The number of carbonyl (C=O) groups excluding carboxylic acids is 2. The molecule has 1 heterocycles. The van der Waals surface area contributed by atoms with E-state index in [9.17, 15) is 14.4 Å². The summed E-state index contributed by atoms with van der Waals surface area (Å²) in [4.78, 5) is 43.6. The quantitative estimate of drug-likeness (QED) is 0.451. The Morgan fingerprint density at radius 1 is 1.06 bits per heavy atom. The molecule has 2 amide bonds. The monoisotopic (exact) mass is 503 g/mol. The second-order valence-corrected chi connectivity index (χ2v) is 9.14. The number of rotatable bonds is 8. The largest absolute Gasteiger partial charge is 0.494 e. The Kier molecular flexibility index (Phi) is 8.02. The second-order valence-electron chi connectivity index (χ2n) is 7.97. The molecule has 0 bridgehead atoms. The van der Waals surface area contributed by atoms with Crippen LogP contribution in [-0.2, 0) is 16.1 Å². The first-order chi connectivity index (χ1) is 17.4. The maximum absolute atomic E-state index is 13.2. The van der Waals surface area contributed by atoms with Crippen molar-refractivity contribution in [3.05, 3.63) is 90.0 Å². The van der Waals surface area contributed by atoms with Gasteiger partial charge in [0.1, 0.15) is 11.0 Å². The predicted octanol–water partition coefficient (Wildman–Crippen LogP) is 4.94. The topological polar surface area (TPSA) is 108 Å². The normalized spacial score (nSPS) is 16.6. The average Bonchev–Trinajstić information content (AvgIpc) is 2.88. The van der Waals surface area contributed by atoms with Crippen LogP contribution in [0.15, 0.2) is 83.9 Å². The SMILES string of the molecule is CCOc1ccc(N=C2S[C@H](C(=O)Nc3ccc(C(=O)O)cc3)CC(=O)N2Cc2ccccc2)cc1. The molecule has 9 heteroatoms. The van der Waals surface area contributed by atoms with E-state index in [1.807, 2.05) is 49.4 Å². The van der Waals surface area contributed by atoms with E-state index in [1.54, 1.807) is 17.0 Å². The van der Waals surface area contributed by atoms with E-state index >= 15 is 0 Å². The summed E-state index contributed by atoms with van der Waals surface area (Å²) in [5, 5.41) is 11.6. The third-order valence-electron chi connectivity index (χ3n) is 5.39. The minimum Gasteiger partial charge on any atom is -0.494 e. The fraction of sp³-hybridized carbons (Fsp3) is 0.185. The molecule has 184 valence electrons. The first-order valence-electron chi connectivity index (χ1n) is 11.4. The van der Waals surface area contributed by atoms with E-state index in [2.05, 4.69) is 5.32 Å². The molecule has 36 heavy (non-hydrogen) atoms. The molecule has 0 aliphatic carbocycles. The van der Waals surface area contributed by atoms with Crippen LogP contribution >= 0.6 is 11.8 Å². The number of hydrogen-bond donors (Lipinski definition) is 2. The van der Waals surface area contributed by atoms with Crippen LogP contribution in [0.2, 0.25) is 0 Å². The number of carbonyl (C=O) groups is 3. The zero-order chi connectivity index (χ0) is 25.5. The fourth-order valence-corrected chi connectivity index (χ4v) is 4.67. The molecule has 0 saturated carbocycles. The molecular formula is C27H25N3O5S. The van der Waals surface area contributed by atoms with Gasteiger partial charge in [-0.2, -0.15) is 0 Å². The Morgan fingerprint density at radius 3 is 2.39 bits per heavy atom. The molecule has 3 aromatic rings. The van der Waals surface area contributed by atoms with Gasteiger partial charge in [-0.15, -0.1) is 0 Å². The van der Waals surface area contributed by atoms with E-state index in [-0.39, 0.29) is 23.8 Å². The van der Waals surface area contributed by atoms with Crippen LogP contribution in [0.1, 0.15) is 29.3 Å². The summed E-state index contributed by atoms with van der Waals surface area (Å²) >= 11 is 1.22. The molecular weight excluding hydrogens is 478 g/mol. The Hall–Kier alpha value is -4.11. The van der Waals surface area contributed by atoms with Crippen LogP contribution < -0.4 is 10.1 Å². The van der Waals surface area contributed by atoms with Gasteiger partial charge in [0.05, 0.1) is 24.4 Å². The van der Waals surface area contributed by atoms with Crippen LogP contribution in [0.5, 0.6) is 5.75 Å². The van der Waals surface area contributed by atoms with E-state index in [0.29, 0.717) is 29.7 Å². The highest BCUT2D eigenvalue weighted by atomic mass is 32.2. The Morgan fingerprint density at radius 2 is 1.75 bits per heavy atom. The van der Waals surface area contributed by atoms with Gasteiger partial charge < -0.3 is 15.2 Å². The first-order valence-corrected chi connectivity index (χ1v) is 12.3. The highest BCUT2D eigenvalue weighted by Crippen LogP contribution is 2.31. The number of nitrogens with zero attached hydrogens (tertiary/aromatic N) is 2. The van der Waals surface area contributed by atoms with Crippen molar-refractivity contribution in [3.63, 3.8) is 0 Å². The number of carboxylic acid groups (broad SMARTS) is 1. The van der Waals surface area contributed by atoms with Gasteiger partial charge in [-0.1, -0.05) is 42.1 Å². The molecule has 1 atom stereocenters. The Balaban J connectivity index is 1.56. The molecule has 0 unspecified atom stereocenters. The van der Waals surface area contributed by atoms with Gasteiger partial charge in [0, 0.05) is 12.1 Å². The summed E-state index contributed by atoms with van der Waals surface area (Å²) in [7, 11) is 0. The number of amidine groups is 1. The molecule has 1 saturated heterocycles. The molecule has 8 nitrogen and oxygen atoms in total. The number of aromatic carboxylic acids is 1. The van der Waals surface area contributed by atoms with Crippen molar-refractivity contribution in [1.29, 1.82) is 0 Å². The van der Waals surface area contributed by atoms with Crippen molar-refractivity contribution in [2.45, 2.75) is 25.1 Å². The summed E-state index contributed by atoms with van der Waals surface area (Å²) in [5.74, 6) is -0.880. The number of nitrogens with one attached hydrogen (secondary N) is 1. The van der Waals surface area contributed by atoms with Gasteiger partial charge in [-0.05, 0) is 61.0 Å². The Bertz CT molecular complexity index is 1260. The molecule has 0 spiro atoms. The summed E-state index contributed by atoms with van der Waals surface area (Å²) in [6.07, 6.45) is 0.0127. The number of ether oxygens (including phenoxy) is 1. The molecule has 0 radical (unpaired) electrons. The van der Waals surface area contributed by atoms with E-state index in [0.717, 1.165) is 11.3 Å². The van der Waals surface area contributed by atoms with Crippen LogP contribution in [0.3, 0.4) is 0 Å². The smallest absolute Gasteiger partial charge is 0.335 e. The van der Waals surface area contributed by atoms with Crippen molar-refractivity contribution in [2.24, 2.45) is 4.99 Å². The lowest BCUT2D eigenvalue weighted by Crippen LogP contribution is -2.44. The highest BCUT2D eigenvalue weighted by molar-refractivity contribution is 8.15. The molecule has 1 fully saturated rings. The lowest BCUT2D eigenvalue weighted by molar-refractivity contribution is -0.129. The van der Waals surface area contributed by atoms with Gasteiger partial charge in [-0.3, -0.25) is 14.5 Å². The summed E-state index contributed by atoms with van der Waals surface area (Å²) < 4.78 is 5.49. The molecule has 1 aliphatic rings. The average molecular weight is 504 g/mol.